The van der Waals surface area contributed by atoms with E-state index < -0.39 is 0 Å². The zero-order chi connectivity index (χ0) is 14.9. The van der Waals surface area contributed by atoms with Gasteiger partial charge in [0, 0.05) is 16.6 Å². The first kappa shape index (κ1) is 15.4. The highest BCUT2D eigenvalue weighted by Gasteiger charge is 2.18. The van der Waals surface area contributed by atoms with E-state index in [0.717, 1.165) is 38.0 Å². The number of carbonyl (C=O) groups excluding carboxylic acids is 1. The predicted octanol–water partition coefficient (Wildman–Crippen LogP) is 4.47. The van der Waals surface area contributed by atoms with Crippen molar-refractivity contribution in [2.75, 3.05) is 0 Å². The fourth-order valence-electron chi connectivity index (χ4n) is 2.15. The van der Waals surface area contributed by atoms with Gasteiger partial charge in [-0.1, -0.05) is 18.2 Å². The summed E-state index contributed by atoms with van der Waals surface area (Å²) in [5.41, 5.74) is 3.63. The van der Waals surface area contributed by atoms with Crippen molar-refractivity contribution < 1.29 is 4.79 Å². The van der Waals surface area contributed by atoms with Crippen LogP contribution >= 0.6 is 31.9 Å². The Balaban J connectivity index is 2.35. The molecule has 0 fully saturated rings. The van der Waals surface area contributed by atoms with Crippen LogP contribution in [-0.4, -0.2) is 15.6 Å². The molecule has 0 radical (unpaired) electrons. The first-order valence-corrected chi connectivity index (χ1v) is 8.04. The van der Waals surface area contributed by atoms with Gasteiger partial charge in [0.2, 0.25) is 0 Å². The number of aromatic nitrogens is 2. The maximum Gasteiger partial charge on any atom is 0.169 e. The van der Waals surface area contributed by atoms with Gasteiger partial charge in [-0.3, -0.25) is 9.48 Å². The van der Waals surface area contributed by atoms with Gasteiger partial charge in [0.15, 0.2) is 5.78 Å². The molecule has 106 valence electrons. The van der Waals surface area contributed by atoms with Crippen LogP contribution in [0.2, 0.25) is 0 Å². The van der Waals surface area contributed by atoms with Crippen molar-refractivity contribution in [1.29, 1.82) is 0 Å². The summed E-state index contributed by atoms with van der Waals surface area (Å²) in [6, 6.07) is 5.74. The monoisotopic (exact) mass is 398 g/mol. The van der Waals surface area contributed by atoms with E-state index in [0.29, 0.717) is 6.42 Å². The summed E-state index contributed by atoms with van der Waals surface area (Å²) in [6.07, 6.45) is 0.345. The molecule has 20 heavy (non-hydrogen) atoms. The molecule has 0 bridgehead atoms. The molecule has 0 saturated carbocycles. The minimum Gasteiger partial charge on any atom is -0.294 e. The number of ketones is 1. The lowest BCUT2D eigenvalue weighted by Gasteiger charge is -2.08. The Bertz CT molecular complexity index is 662. The zero-order valence-electron chi connectivity index (χ0n) is 11.7. The summed E-state index contributed by atoms with van der Waals surface area (Å²) >= 11 is 7.03. The minimum atomic E-state index is 0.0934. The molecule has 2 aromatic rings. The second kappa shape index (κ2) is 6.22. The molecular weight excluding hydrogens is 384 g/mol. The van der Waals surface area contributed by atoms with E-state index in [1.165, 1.54) is 0 Å². The third-order valence-corrected chi connectivity index (χ3v) is 5.36. The second-order valence-electron chi connectivity index (χ2n) is 4.70. The summed E-state index contributed by atoms with van der Waals surface area (Å²) in [4.78, 5) is 12.5. The SMILES string of the molecule is CCn1nc(C)c(Br)c1CC(=O)c1cccc(C)c1Br. The normalized spacial score (nSPS) is 10.8. The van der Waals surface area contributed by atoms with Crippen LogP contribution in [0.25, 0.3) is 0 Å². The number of carbonyl (C=O) groups is 1. The average Bonchev–Trinajstić information content (AvgIpc) is 2.69. The average molecular weight is 400 g/mol. The number of benzene rings is 1. The summed E-state index contributed by atoms with van der Waals surface area (Å²) < 4.78 is 3.68. The Hall–Kier alpha value is -0.940. The molecule has 0 saturated heterocycles. The van der Waals surface area contributed by atoms with Gasteiger partial charge in [0.1, 0.15) is 0 Å². The maximum absolute atomic E-state index is 12.5. The highest BCUT2D eigenvalue weighted by molar-refractivity contribution is 9.11. The third kappa shape index (κ3) is 2.88. The molecule has 0 unspecified atom stereocenters. The van der Waals surface area contributed by atoms with Gasteiger partial charge in [-0.15, -0.1) is 0 Å². The molecule has 2 rings (SSSR count). The Kier molecular flexibility index (Phi) is 4.81. The van der Waals surface area contributed by atoms with E-state index in [1.54, 1.807) is 0 Å². The fourth-order valence-corrected chi connectivity index (χ4v) is 3.06. The van der Waals surface area contributed by atoms with Crippen LogP contribution in [0.4, 0.5) is 0 Å². The zero-order valence-corrected chi connectivity index (χ0v) is 14.9. The van der Waals surface area contributed by atoms with E-state index in [1.807, 2.05) is 43.7 Å². The Morgan fingerprint density at radius 2 is 1.95 bits per heavy atom. The van der Waals surface area contributed by atoms with Crippen molar-refractivity contribution in [3.63, 3.8) is 0 Å². The number of Topliss-reactive ketones (excluding diaryl/α,β-unsaturated/α-hetero) is 1. The van der Waals surface area contributed by atoms with Crippen LogP contribution in [-0.2, 0) is 13.0 Å². The van der Waals surface area contributed by atoms with E-state index in [9.17, 15) is 4.79 Å². The first-order chi connectivity index (χ1) is 9.45. The van der Waals surface area contributed by atoms with Crippen molar-refractivity contribution in [2.24, 2.45) is 0 Å². The lowest BCUT2D eigenvalue weighted by molar-refractivity contribution is 0.0989. The van der Waals surface area contributed by atoms with Gasteiger partial charge in [0.25, 0.3) is 0 Å². The summed E-state index contributed by atoms with van der Waals surface area (Å²) in [6.45, 7) is 6.70. The molecule has 0 atom stereocenters. The topological polar surface area (TPSA) is 34.9 Å². The van der Waals surface area contributed by atoms with Gasteiger partial charge in [-0.2, -0.15) is 5.10 Å². The van der Waals surface area contributed by atoms with Crippen LogP contribution in [0, 0.1) is 13.8 Å². The number of halogens is 2. The molecule has 0 amide bonds. The molecule has 0 aliphatic rings. The molecule has 0 aliphatic heterocycles. The van der Waals surface area contributed by atoms with Gasteiger partial charge >= 0.3 is 0 Å². The molecule has 1 aromatic carbocycles. The highest BCUT2D eigenvalue weighted by Crippen LogP contribution is 2.26. The van der Waals surface area contributed by atoms with Crippen LogP contribution in [0.3, 0.4) is 0 Å². The highest BCUT2D eigenvalue weighted by atomic mass is 79.9. The van der Waals surface area contributed by atoms with Crippen molar-refractivity contribution in [3.8, 4) is 0 Å². The van der Waals surface area contributed by atoms with Crippen molar-refractivity contribution in [3.05, 3.63) is 49.7 Å². The van der Waals surface area contributed by atoms with Crippen molar-refractivity contribution >= 4 is 37.6 Å². The van der Waals surface area contributed by atoms with Crippen molar-refractivity contribution in [2.45, 2.75) is 33.7 Å². The molecule has 0 aliphatic carbocycles. The van der Waals surface area contributed by atoms with Gasteiger partial charge in [-0.25, -0.2) is 0 Å². The largest absolute Gasteiger partial charge is 0.294 e. The quantitative estimate of drug-likeness (QED) is 0.710. The molecule has 1 aromatic heterocycles. The summed E-state index contributed by atoms with van der Waals surface area (Å²) in [7, 11) is 0. The van der Waals surface area contributed by atoms with E-state index in [4.69, 9.17) is 0 Å². The fraction of sp³-hybridized carbons (Fsp3) is 0.333. The summed E-state index contributed by atoms with van der Waals surface area (Å²) in [5, 5.41) is 4.42. The first-order valence-electron chi connectivity index (χ1n) is 6.45. The Labute approximate surface area is 135 Å². The standard InChI is InChI=1S/C15H16Br2N2O/c1-4-19-12(15(17)10(3)18-19)8-13(20)11-7-5-6-9(2)14(11)16/h5-7H,4,8H2,1-3H3. The number of nitrogens with zero attached hydrogens (tertiary/aromatic N) is 2. The van der Waals surface area contributed by atoms with Crippen LogP contribution in [0.5, 0.6) is 0 Å². The molecule has 0 spiro atoms. The lowest BCUT2D eigenvalue weighted by Crippen LogP contribution is -2.11. The van der Waals surface area contributed by atoms with Gasteiger partial charge in [0.05, 0.1) is 22.3 Å². The molecule has 3 nitrogen and oxygen atoms in total. The van der Waals surface area contributed by atoms with Gasteiger partial charge in [-0.05, 0) is 58.2 Å². The van der Waals surface area contributed by atoms with Crippen LogP contribution < -0.4 is 0 Å². The Morgan fingerprint density at radius 1 is 1.25 bits per heavy atom. The predicted molar refractivity (Wildman–Crippen MR) is 87.3 cm³/mol. The smallest absolute Gasteiger partial charge is 0.169 e. The number of hydrogen-bond acceptors (Lipinski definition) is 2. The summed E-state index contributed by atoms with van der Waals surface area (Å²) in [5.74, 6) is 0.0934. The molecule has 5 heteroatoms. The third-order valence-electron chi connectivity index (χ3n) is 3.27. The van der Waals surface area contributed by atoms with Crippen LogP contribution in [0.15, 0.2) is 27.1 Å². The molecule has 1 heterocycles. The lowest BCUT2D eigenvalue weighted by atomic mass is 10.0. The second-order valence-corrected chi connectivity index (χ2v) is 6.28. The van der Waals surface area contributed by atoms with Crippen molar-refractivity contribution in [1.82, 2.24) is 9.78 Å². The molecular formula is C15H16Br2N2O. The number of hydrogen-bond donors (Lipinski definition) is 0. The Morgan fingerprint density at radius 3 is 2.60 bits per heavy atom. The van der Waals surface area contributed by atoms with Crippen LogP contribution in [0.1, 0.15) is 34.2 Å². The number of aryl methyl sites for hydroxylation is 3. The van der Waals surface area contributed by atoms with E-state index >= 15 is 0 Å². The van der Waals surface area contributed by atoms with Gasteiger partial charge < -0.3 is 0 Å². The number of rotatable bonds is 4. The maximum atomic E-state index is 12.5. The van der Waals surface area contributed by atoms with E-state index in [2.05, 4.69) is 37.0 Å². The van der Waals surface area contributed by atoms with E-state index in [-0.39, 0.29) is 5.78 Å². The molecule has 0 N–H and O–H groups in total. The minimum absolute atomic E-state index is 0.0934.